The van der Waals surface area contributed by atoms with E-state index in [1.165, 1.54) is 6.42 Å². The second-order valence-corrected chi connectivity index (χ2v) is 7.69. The average Bonchev–Trinajstić information content (AvgIpc) is 2.40. The molecule has 2 N–H and O–H groups in total. The largest absolute Gasteiger partial charge is 0.327 e. The van der Waals surface area contributed by atoms with Gasteiger partial charge < -0.3 is 5.73 Å². The summed E-state index contributed by atoms with van der Waals surface area (Å²) in [5, 5.41) is 0.168. The third-order valence-electron chi connectivity index (χ3n) is 4.32. The monoisotopic (exact) mass is 279 g/mol. The van der Waals surface area contributed by atoms with E-state index < -0.39 is 10.8 Å². The molecule has 1 aromatic carbocycles. The maximum Gasteiger partial charge on any atom is 0.0505 e. The van der Waals surface area contributed by atoms with Crippen LogP contribution in [-0.4, -0.2) is 15.5 Å². The summed E-state index contributed by atoms with van der Waals surface area (Å²) in [6.07, 6.45) is 3.24. The Hall–Kier alpha value is -0.670. The molecule has 0 aromatic heterocycles. The summed E-state index contributed by atoms with van der Waals surface area (Å²) in [5.41, 5.74) is 7.36. The van der Waals surface area contributed by atoms with Crippen LogP contribution in [-0.2, 0) is 16.6 Å². The first-order chi connectivity index (χ1) is 9.08. The van der Waals surface area contributed by atoms with Crippen molar-refractivity contribution in [2.24, 2.45) is 17.6 Å². The number of nitrogens with two attached hydrogens (primary N) is 1. The van der Waals surface area contributed by atoms with Gasteiger partial charge in [-0.1, -0.05) is 44.2 Å². The van der Waals surface area contributed by atoms with Crippen LogP contribution in [0.1, 0.15) is 38.7 Å². The van der Waals surface area contributed by atoms with E-state index in [0.29, 0.717) is 17.6 Å². The lowest BCUT2D eigenvalue weighted by atomic mass is 9.79. The van der Waals surface area contributed by atoms with Gasteiger partial charge in [-0.2, -0.15) is 0 Å². The molecule has 0 bridgehead atoms. The highest BCUT2D eigenvalue weighted by atomic mass is 32.2. The fourth-order valence-electron chi connectivity index (χ4n) is 2.94. The molecule has 1 aliphatic rings. The zero-order valence-electron chi connectivity index (χ0n) is 11.9. The molecule has 2 nitrogen and oxygen atoms in total. The van der Waals surface area contributed by atoms with Gasteiger partial charge >= 0.3 is 0 Å². The van der Waals surface area contributed by atoms with Gasteiger partial charge in [-0.3, -0.25) is 4.21 Å². The molecule has 0 heterocycles. The Morgan fingerprint density at radius 2 is 1.95 bits per heavy atom. The first-order valence-electron chi connectivity index (χ1n) is 7.24. The quantitative estimate of drug-likeness (QED) is 0.920. The molecule has 0 aliphatic heterocycles. The first kappa shape index (κ1) is 14.7. The van der Waals surface area contributed by atoms with E-state index in [1.807, 2.05) is 30.3 Å². The minimum atomic E-state index is -0.850. The highest BCUT2D eigenvalue weighted by Crippen LogP contribution is 2.32. The van der Waals surface area contributed by atoms with Crippen LogP contribution in [0.15, 0.2) is 30.3 Å². The van der Waals surface area contributed by atoms with Crippen molar-refractivity contribution < 1.29 is 4.21 Å². The molecule has 4 atom stereocenters. The van der Waals surface area contributed by atoms with Crippen LogP contribution in [0.2, 0.25) is 0 Å². The lowest BCUT2D eigenvalue weighted by Gasteiger charge is -2.35. The van der Waals surface area contributed by atoms with Crippen LogP contribution in [0.5, 0.6) is 0 Å². The zero-order chi connectivity index (χ0) is 13.8. The number of hydrogen-bond acceptors (Lipinski definition) is 2. The number of rotatable bonds is 4. The predicted molar refractivity (Wildman–Crippen MR) is 82.2 cm³/mol. The Balaban J connectivity index is 2.00. The van der Waals surface area contributed by atoms with E-state index in [-0.39, 0.29) is 11.3 Å². The van der Waals surface area contributed by atoms with Gasteiger partial charge in [0.1, 0.15) is 0 Å². The predicted octanol–water partition coefficient (Wildman–Crippen LogP) is 3.09. The highest BCUT2D eigenvalue weighted by molar-refractivity contribution is 7.84. The van der Waals surface area contributed by atoms with E-state index in [1.54, 1.807) is 0 Å². The van der Waals surface area contributed by atoms with E-state index >= 15 is 0 Å². The Bertz CT molecular complexity index is 418. The maximum absolute atomic E-state index is 12.6. The van der Waals surface area contributed by atoms with Gasteiger partial charge in [0.25, 0.3) is 0 Å². The fraction of sp³-hybridized carbons (Fsp3) is 0.625. The van der Waals surface area contributed by atoms with Crippen molar-refractivity contribution >= 4 is 10.8 Å². The fourth-order valence-corrected chi connectivity index (χ4v) is 4.66. The molecule has 4 unspecified atom stereocenters. The summed E-state index contributed by atoms with van der Waals surface area (Å²) in [5.74, 6) is 2.00. The Labute approximate surface area is 119 Å². The number of benzene rings is 1. The van der Waals surface area contributed by atoms with Gasteiger partial charge in [-0.25, -0.2) is 0 Å². The molecule has 19 heavy (non-hydrogen) atoms. The third-order valence-corrected chi connectivity index (χ3v) is 6.15. The van der Waals surface area contributed by atoms with Crippen molar-refractivity contribution in [1.29, 1.82) is 0 Å². The Morgan fingerprint density at radius 1 is 1.26 bits per heavy atom. The Morgan fingerprint density at radius 3 is 2.58 bits per heavy atom. The van der Waals surface area contributed by atoms with Gasteiger partial charge in [0, 0.05) is 22.6 Å². The minimum absolute atomic E-state index is 0.111. The third kappa shape index (κ3) is 3.90. The van der Waals surface area contributed by atoms with Crippen LogP contribution in [0.4, 0.5) is 0 Å². The smallest absolute Gasteiger partial charge is 0.0505 e. The lowest BCUT2D eigenvalue weighted by Crippen LogP contribution is -2.44. The minimum Gasteiger partial charge on any atom is -0.327 e. The van der Waals surface area contributed by atoms with Gasteiger partial charge in [0.2, 0.25) is 0 Å². The van der Waals surface area contributed by atoms with Crippen molar-refractivity contribution in [1.82, 2.24) is 0 Å². The average molecular weight is 279 g/mol. The normalized spacial score (nSPS) is 29.4. The molecular weight excluding hydrogens is 254 g/mol. The second-order valence-electron chi connectivity index (χ2n) is 6.03. The van der Waals surface area contributed by atoms with Gasteiger partial charge in [-0.05, 0) is 36.7 Å². The standard InChI is InChI=1S/C16H25NOS/c1-12(2)14-8-9-15(17)16(10-14)19(18)11-13-6-4-3-5-7-13/h3-7,12,14-16H,8-11,17H2,1-2H3. The molecule has 0 radical (unpaired) electrons. The molecule has 0 amide bonds. The SMILES string of the molecule is CC(C)C1CCC(N)C(S(=O)Cc2ccccc2)C1. The van der Waals surface area contributed by atoms with Gasteiger partial charge in [0.15, 0.2) is 0 Å². The summed E-state index contributed by atoms with van der Waals surface area (Å²) < 4.78 is 12.6. The van der Waals surface area contributed by atoms with Crippen molar-refractivity contribution in [2.45, 2.75) is 50.2 Å². The second kappa shape index (κ2) is 6.67. The van der Waals surface area contributed by atoms with E-state index in [4.69, 9.17) is 5.73 Å². The van der Waals surface area contributed by atoms with E-state index in [0.717, 1.165) is 18.4 Å². The van der Waals surface area contributed by atoms with Crippen LogP contribution in [0, 0.1) is 11.8 Å². The summed E-state index contributed by atoms with van der Waals surface area (Å²) in [4.78, 5) is 0. The van der Waals surface area contributed by atoms with Crippen molar-refractivity contribution in [2.75, 3.05) is 0 Å². The summed E-state index contributed by atoms with van der Waals surface area (Å²) >= 11 is 0. The Kier molecular flexibility index (Phi) is 5.17. The van der Waals surface area contributed by atoms with Gasteiger partial charge in [-0.15, -0.1) is 0 Å². The summed E-state index contributed by atoms with van der Waals surface area (Å²) in [7, 11) is -0.850. The molecule has 1 fully saturated rings. The zero-order valence-corrected chi connectivity index (χ0v) is 12.7. The molecule has 1 aromatic rings. The molecule has 106 valence electrons. The van der Waals surface area contributed by atoms with E-state index in [9.17, 15) is 4.21 Å². The van der Waals surface area contributed by atoms with E-state index in [2.05, 4.69) is 13.8 Å². The maximum atomic E-state index is 12.6. The number of hydrogen-bond donors (Lipinski definition) is 1. The topological polar surface area (TPSA) is 43.1 Å². The van der Waals surface area contributed by atoms with Gasteiger partial charge in [0.05, 0.1) is 5.25 Å². The lowest BCUT2D eigenvalue weighted by molar-refractivity contribution is 0.263. The summed E-state index contributed by atoms with van der Waals surface area (Å²) in [6.45, 7) is 4.53. The van der Waals surface area contributed by atoms with Crippen LogP contribution in [0.25, 0.3) is 0 Å². The molecular formula is C16H25NOS. The molecule has 1 aliphatic carbocycles. The molecule has 3 heteroatoms. The molecule has 1 saturated carbocycles. The van der Waals surface area contributed by atoms with Crippen molar-refractivity contribution in [3.8, 4) is 0 Å². The first-order valence-corrected chi connectivity index (χ1v) is 8.63. The summed E-state index contributed by atoms with van der Waals surface area (Å²) in [6, 6.07) is 10.2. The van der Waals surface area contributed by atoms with Crippen molar-refractivity contribution in [3.63, 3.8) is 0 Å². The molecule has 0 spiro atoms. The van der Waals surface area contributed by atoms with Crippen LogP contribution >= 0.6 is 0 Å². The molecule has 0 saturated heterocycles. The van der Waals surface area contributed by atoms with Crippen LogP contribution in [0.3, 0.4) is 0 Å². The van der Waals surface area contributed by atoms with Crippen molar-refractivity contribution in [3.05, 3.63) is 35.9 Å². The van der Waals surface area contributed by atoms with Crippen LogP contribution < -0.4 is 5.73 Å². The molecule has 2 rings (SSSR count). The highest BCUT2D eigenvalue weighted by Gasteiger charge is 2.33.